The summed E-state index contributed by atoms with van der Waals surface area (Å²) in [5.74, 6) is -0.367. The number of likely N-dealkylation sites (tertiary alicyclic amines) is 1. The second-order valence-electron chi connectivity index (χ2n) is 7.67. The number of anilines is 1. The minimum absolute atomic E-state index is 0.0702. The number of aryl methyl sites for hydroxylation is 1. The van der Waals surface area contributed by atoms with Crippen LogP contribution < -0.4 is 5.32 Å². The normalized spacial score (nSPS) is 23.4. The highest BCUT2D eigenvalue weighted by Gasteiger charge is 2.61. The van der Waals surface area contributed by atoms with Gasteiger partial charge in [-0.15, -0.1) is 0 Å². The summed E-state index contributed by atoms with van der Waals surface area (Å²) in [5, 5.41) is 2.80. The van der Waals surface area contributed by atoms with Gasteiger partial charge in [-0.3, -0.25) is 9.59 Å². The Morgan fingerprint density at radius 3 is 2.74 bits per heavy atom. The number of nitrogens with one attached hydrogen (secondary N) is 1. The Labute approximate surface area is 158 Å². The van der Waals surface area contributed by atoms with Gasteiger partial charge in [0.15, 0.2) is 0 Å². The molecule has 0 unspecified atom stereocenters. The Bertz CT molecular complexity index is 854. The van der Waals surface area contributed by atoms with Gasteiger partial charge in [-0.2, -0.15) is 0 Å². The smallest absolute Gasteiger partial charge is 0.228 e. The van der Waals surface area contributed by atoms with Crippen LogP contribution in [-0.2, 0) is 16.0 Å². The van der Waals surface area contributed by atoms with Crippen molar-refractivity contribution in [2.24, 2.45) is 11.3 Å². The molecule has 140 valence electrons. The molecule has 5 heteroatoms. The van der Waals surface area contributed by atoms with Crippen molar-refractivity contribution in [2.75, 3.05) is 18.4 Å². The van der Waals surface area contributed by atoms with Gasteiger partial charge >= 0.3 is 0 Å². The van der Waals surface area contributed by atoms with Crippen LogP contribution in [0.4, 0.5) is 10.1 Å². The molecule has 1 saturated carbocycles. The van der Waals surface area contributed by atoms with E-state index in [-0.39, 0.29) is 29.0 Å². The molecule has 0 aromatic heterocycles. The van der Waals surface area contributed by atoms with Gasteiger partial charge in [-0.25, -0.2) is 4.39 Å². The van der Waals surface area contributed by atoms with Gasteiger partial charge in [0.2, 0.25) is 11.8 Å². The van der Waals surface area contributed by atoms with E-state index >= 15 is 0 Å². The van der Waals surface area contributed by atoms with Crippen LogP contribution in [0.3, 0.4) is 0 Å². The number of benzene rings is 2. The van der Waals surface area contributed by atoms with Gasteiger partial charge in [-0.05, 0) is 43.0 Å². The molecule has 1 spiro atoms. The summed E-state index contributed by atoms with van der Waals surface area (Å²) < 4.78 is 13.3. The van der Waals surface area contributed by atoms with Crippen molar-refractivity contribution in [3.63, 3.8) is 0 Å². The zero-order valence-corrected chi connectivity index (χ0v) is 15.2. The van der Waals surface area contributed by atoms with Gasteiger partial charge in [0.25, 0.3) is 0 Å². The van der Waals surface area contributed by atoms with E-state index in [1.54, 1.807) is 12.1 Å². The predicted octanol–water partition coefficient (Wildman–Crippen LogP) is 3.64. The fraction of sp³-hybridized carbons (Fsp3) is 0.364. The van der Waals surface area contributed by atoms with Gasteiger partial charge in [0.05, 0.1) is 0 Å². The molecule has 1 aliphatic carbocycles. The minimum Gasteiger partial charge on any atom is -0.342 e. The second kappa shape index (κ2) is 7.14. The lowest BCUT2D eigenvalue weighted by Crippen LogP contribution is -2.30. The van der Waals surface area contributed by atoms with Crippen molar-refractivity contribution in [1.29, 1.82) is 0 Å². The predicted molar refractivity (Wildman–Crippen MR) is 102 cm³/mol. The van der Waals surface area contributed by atoms with Crippen molar-refractivity contribution < 1.29 is 14.0 Å². The summed E-state index contributed by atoms with van der Waals surface area (Å²) in [6.45, 7) is 1.37. The molecule has 4 nitrogen and oxygen atoms in total. The maximum absolute atomic E-state index is 13.3. The Kier molecular flexibility index (Phi) is 4.68. The zero-order valence-electron chi connectivity index (χ0n) is 15.2. The van der Waals surface area contributed by atoms with Crippen LogP contribution in [0.2, 0.25) is 0 Å². The number of carbonyl (C=O) groups is 2. The Balaban J connectivity index is 1.29. The largest absolute Gasteiger partial charge is 0.342 e. The highest BCUT2D eigenvalue weighted by molar-refractivity contribution is 5.95. The van der Waals surface area contributed by atoms with E-state index in [0.717, 1.165) is 25.8 Å². The van der Waals surface area contributed by atoms with Crippen LogP contribution in [0, 0.1) is 17.2 Å². The van der Waals surface area contributed by atoms with Gasteiger partial charge in [-0.1, -0.05) is 36.4 Å². The number of halogens is 1. The van der Waals surface area contributed by atoms with Crippen LogP contribution in [0.1, 0.15) is 24.8 Å². The molecule has 0 radical (unpaired) electrons. The molecule has 2 amide bonds. The molecule has 1 saturated heterocycles. The zero-order chi connectivity index (χ0) is 18.9. The summed E-state index contributed by atoms with van der Waals surface area (Å²) in [5.41, 5.74) is 1.56. The van der Waals surface area contributed by atoms with E-state index in [9.17, 15) is 14.0 Å². The maximum atomic E-state index is 13.3. The molecule has 2 aromatic rings. The van der Waals surface area contributed by atoms with Crippen LogP contribution in [0.5, 0.6) is 0 Å². The third kappa shape index (κ3) is 3.87. The molecule has 2 fully saturated rings. The molecule has 1 N–H and O–H groups in total. The van der Waals surface area contributed by atoms with Crippen LogP contribution >= 0.6 is 0 Å². The first-order valence-electron chi connectivity index (χ1n) is 9.44. The summed E-state index contributed by atoms with van der Waals surface area (Å²) in [4.78, 5) is 26.9. The quantitative estimate of drug-likeness (QED) is 0.878. The average Bonchev–Trinajstić information content (AvgIpc) is 3.21. The molecule has 2 atom stereocenters. The first-order chi connectivity index (χ1) is 13.1. The Morgan fingerprint density at radius 2 is 1.96 bits per heavy atom. The first-order valence-corrected chi connectivity index (χ1v) is 9.44. The molecule has 4 rings (SSSR count). The van der Waals surface area contributed by atoms with Crippen molar-refractivity contribution in [3.05, 3.63) is 66.0 Å². The van der Waals surface area contributed by atoms with Crippen molar-refractivity contribution >= 4 is 17.5 Å². The minimum atomic E-state index is -0.366. The first kappa shape index (κ1) is 17.7. The number of nitrogens with zero attached hydrogens (tertiary/aromatic N) is 1. The van der Waals surface area contributed by atoms with Crippen LogP contribution in [-0.4, -0.2) is 29.8 Å². The van der Waals surface area contributed by atoms with E-state index in [4.69, 9.17) is 0 Å². The fourth-order valence-corrected chi connectivity index (χ4v) is 4.13. The number of carbonyl (C=O) groups excluding carboxylic acids is 2. The van der Waals surface area contributed by atoms with Crippen molar-refractivity contribution in [2.45, 2.75) is 25.7 Å². The van der Waals surface area contributed by atoms with E-state index in [1.807, 2.05) is 35.2 Å². The number of hydrogen-bond donors (Lipinski definition) is 1. The summed E-state index contributed by atoms with van der Waals surface area (Å²) in [6.07, 6.45) is 2.91. The lowest BCUT2D eigenvalue weighted by atomic mass is 10.0. The third-order valence-corrected chi connectivity index (χ3v) is 5.81. The van der Waals surface area contributed by atoms with E-state index in [1.165, 1.54) is 17.7 Å². The monoisotopic (exact) mass is 366 g/mol. The van der Waals surface area contributed by atoms with Crippen molar-refractivity contribution in [1.82, 2.24) is 4.90 Å². The van der Waals surface area contributed by atoms with Gasteiger partial charge in [0.1, 0.15) is 5.82 Å². The molecule has 1 aliphatic heterocycles. The lowest BCUT2D eigenvalue weighted by Gasteiger charge is -2.17. The molecule has 0 bridgehead atoms. The summed E-state index contributed by atoms with van der Waals surface area (Å²) in [7, 11) is 0. The molecule has 2 aliphatic rings. The average molecular weight is 366 g/mol. The summed E-state index contributed by atoms with van der Waals surface area (Å²) >= 11 is 0. The number of hydrogen-bond acceptors (Lipinski definition) is 2. The fourth-order valence-electron chi connectivity index (χ4n) is 4.13. The van der Waals surface area contributed by atoms with E-state index < -0.39 is 0 Å². The van der Waals surface area contributed by atoms with Gasteiger partial charge < -0.3 is 10.2 Å². The van der Waals surface area contributed by atoms with E-state index in [0.29, 0.717) is 18.7 Å². The van der Waals surface area contributed by atoms with E-state index in [2.05, 4.69) is 5.32 Å². The Hall–Kier alpha value is -2.69. The highest BCUT2D eigenvalue weighted by atomic mass is 19.1. The second-order valence-corrected chi connectivity index (χ2v) is 7.67. The highest BCUT2D eigenvalue weighted by Crippen LogP contribution is 2.58. The molecule has 1 heterocycles. The number of amides is 2. The van der Waals surface area contributed by atoms with Gasteiger partial charge in [0, 0.05) is 36.5 Å². The SMILES string of the molecule is O=C(Nc1cccc(F)c1)[C@@H]1C[C@]12CCN(C(=O)CCc1ccccc1)C2. The topological polar surface area (TPSA) is 49.4 Å². The van der Waals surface area contributed by atoms with Crippen molar-refractivity contribution in [3.8, 4) is 0 Å². The molecular weight excluding hydrogens is 343 g/mol. The molecule has 27 heavy (non-hydrogen) atoms. The lowest BCUT2D eigenvalue weighted by molar-refractivity contribution is -0.130. The molecule has 2 aromatic carbocycles. The molecular formula is C22H23FN2O2. The maximum Gasteiger partial charge on any atom is 0.228 e. The Morgan fingerprint density at radius 1 is 1.15 bits per heavy atom. The van der Waals surface area contributed by atoms with Crippen LogP contribution in [0.15, 0.2) is 54.6 Å². The number of rotatable bonds is 5. The summed E-state index contributed by atoms with van der Waals surface area (Å²) in [6, 6.07) is 15.9. The standard InChI is InChI=1S/C22H23FN2O2/c23-17-7-4-8-18(13-17)24-21(27)19-14-22(19)11-12-25(15-22)20(26)10-9-16-5-2-1-3-6-16/h1-8,13,19H,9-12,14-15H2,(H,24,27)/t19-,22-/m0/s1. The third-order valence-electron chi connectivity index (χ3n) is 5.81. The van der Waals surface area contributed by atoms with Crippen LogP contribution in [0.25, 0.3) is 0 Å².